The maximum absolute atomic E-state index is 13.4. The predicted octanol–water partition coefficient (Wildman–Crippen LogP) is 2.37. The minimum atomic E-state index is -0.507. The highest BCUT2D eigenvalue weighted by atomic mass is 19.1. The summed E-state index contributed by atoms with van der Waals surface area (Å²) in [5.74, 6) is -0.587. The first-order valence-electron chi connectivity index (χ1n) is 9.40. The number of hydrogen-bond acceptors (Lipinski definition) is 5. The largest absolute Gasteiger partial charge is 0.497 e. The lowest BCUT2D eigenvalue weighted by atomic mass is 9.90. The third-order valence-corrected chi connectivity index (χ3v) is 5.95. The van der Waals surface area contributed by atoms with Crippen molar-refractivity contribution in [1.82, 2.24) is 10.0 Å². The van der Waals surface area contributed by atoms with Crippen LogP contribution >= 0.6 is 0 Å². The first-order valence-corrected chi connectivity index (χ1v) is 9.40. The summed E-state index contributed by atoms with van der Waals surface area (Å²) in [6.07, 6.45) is 0.952. The van der Waals surface area contributed by atoms with Gasteiger partial charge in [-0.15, -0.1) is 0 Å². The zero-order valence-corrected chi connectivity index (χ0v) is 15.4. The number of rotatable bonds is 3. The number of halogens is 1. The molecule has 5 rings (SSSR count). The van der Waals surface area contributed by atoms with Crippen LogP contribution in [0.5, 0.6) is 5.75 Å². The zero-order chi connectivity index (χ0) is 19.4. The molecule has 0 spiro atoms. The number of amides is 2. The Bertz CT molecular complexity index is 931. The van der Waals surface area contributed by atoms with Crippen LogP contribution in [0.15, 0.2) is 48.5 Å². The van der Waals surface area contributed by atoms with Gasteiger partial charge >= 0.3 is 0 Å². The van der Waals surface area contributed by atoms with E-state index in [1.165, 1.54) is 29.2 Å². The number of hydrogen-bond donors (Lipinski definition) is 0. The number of hydrazine groups is 1. The van der Waals surface area contributed by atoms with E-state index in [2.05, 4.69) is 5.01 Å². The molecule has 0 bridgehead atoms. The summed E-state index contributed by atoms with van der Waals surface area (Å²) in [5.41, 5.74) is 1.41. The van der Waals surface area contributed by atoms with E-state index in [0.717, 1.165) is 30.8 Å². The average molecular weight is 381 g/mol. The van der Waals surface area contributed by atoms with Crippen LogP contribution in [0.25, 0.3) is 0 Å². The van der Waals surface area contributed by atoms with Gasteiger partial charge in [0, 0.05) is 13.1 Å². The van der Waals surface area contributed by atoms with E-state index in [-0.39, 0.29) is 17.9 Å². The number of imide groups is 1. The molecular weight excluding hydrogens is 361 g/mol. The molecule has 2 amide bonds. The molecule has 3 atom stereocenters. The molecule has 28 heavy (non-hydrogen) atoms. The maximum atomic E-state index is 13.4. The molecule has 144 valence electrons. The molecule has 3 aliphatic heterocycles. The monoisotopic (exact) mass is 381 g/mol. The molecule has 0 saturated carbocycles. The van der Waals surface area contributed by atoms with Crippen molar-refractivity contribution < 1.29 is 18.7 Å². The van der Waals surface area contributed by atoms with Gasteiger partial charge in [-0.1, -0.05) is 12.1 Å². The summed E-state index contributed by atoms with van der Waals surface area (Å²) < 4.78 is 18.6. The van der Waals surface area contributed by atoms with Crippen molar-refractivity contribution in [3.05, 3.63) is 59.9 Å². The molecule has 3 saturated heterocycles. The quantitative estimate of drug-likeness (QED) is 0.764. The number of fused-ring (bicyclic) bond motifs is 3. The van der Waals surface area contributed by atoms with E-state index < -0.39 is 17.8 Å². The number of anilines is 1. The van der Waals surface area contributed by atoms with E-state index in [0.29, 0.717) is 5.69 Å². The second kappa shape index (κ2) is 6.39. The van der Waals surface area contributed by atoms with E-state index in [9.17, 15) is 14.0 Å². The number of methoxy groups -OCH3 is 1. The number of carbonyl (C=O) groups excluding carboxylic acids is 2. The minimum absolute atomic E-state index is 0.194. The van der Waals surface area contributed by atoms with E-state index >= 15 is 0 Å². The third-order valence-electron chi connectivity index (χ3n) is 5.95. The third kappa shape index (κ3) is 2.40. The second-order valence-corrected chi connectivity index (χ2v) is 7.36. The topological polar surface area (TPSA) is 53.1 Å². The van der Waals surface area contributed by atoms with Crippen LogP contribution in [0.1, 0.15) is 18.0 Å². The van der Waals surface area contributed by atoms with Crippen LogP contribution in [-0.2, 0) is 9.59 Å². The fourth-order valence-electron chi connectivity index (χ4n) is 4.76. The summed E-state index contributed by atoms with van der Waals surface area (Å²) in [6.45, 7) is 1.57. The van der Waals surface area contributed by atoms with Crippen LogP contribution in [0.3, 0.4) is 0 Å². The van der Waals surface area contributed by atoms with E-state index in [1.807, 2.05) is 29.3 Å². The van der Waals surface area contributed by atoms with Crippen LogP contribution in [0.2, 0.25) is 0 Å². The van der Waals surface area contributed by atoms with Gasteiger partial charge in [-0.3, -0.25) is 9.59 Å². The number of benzene rings is 2. The minimum Gasteiger partial charge on any atom is -0.497 e. The molecule has 3 heterocycles. The Morgan fingerprint density at radius 2 is 1.54 bits per heavy atom. The maximum Gasteiger partial charge on any atom is 0.253 e. The molecular formula is C21H20FN3O3. The molecule has 3 fully saturated rings. The Labute approximate surface area is 162 Å². The summed E-state index contributed by atoms with van der Waals surface area (Å²) in [4.78, 5) is 27.8. The lowest BCUT2D eigenvalue weighted by molar-refractivity contribution is -0.126. The predicted molar refractivity (Wildman–Crippen MR) is 99.9 cm³/mol. The lowest BCUT2D eigenvalue weighted by Gasteiger charge is -2.29. The van der Waals surface area contributed by atoms with Crippen LogP contribution in [0, 0.1) is 11.7 Å². The van der Waals surface area contributed by atoms with Gasteiger partial charge in [0.15, 0.2) is 0 Å². The van der Waals surface area contributed by atoms with Crippen molar-refractivity contribution in [1.29, 1.82) is 0 Å². The Kier molecular flexibility index (Phi) is 3.96. The van der Waals surface area contributed by atoms with Gasteiger partial charge < -0.3 is 4.74 Å². The summed E-state index contributed by atoms with van der Waals surface area (Å²) in [5, 5.41) is 4.21. The lowest BCUT2D eigenvalue weighted by Crippen LogP contribution is -2.44. The van der Waals surface area contributed by atoms with Crippen LogP contribution < -0.4 is 9.64 Å². The van der Waals surface area contributed by atoms with Crippen molar-refractivity contribution >= 4 is 17.5 Å². The molecule has 0 radical (unpaired) electrons. The highest BCUT2D eigenvalue weighted by molar-refractivity contribution is 6.24. The zero-order valence-electron chi connectivity index (χ0n) is 15.4. The number of ether oxygens (including phenoxy) is 1. The molecule has 6 nitrogen and oxygen atoms in total. The Morgan fingerprint density at radius 3 is 2.18 bits per heavy atom. The fraction of sp³-hybridized carbons (Fsp3) is 0.333. The van der Waals surface area contributed by atoms with Gasteiger partial charge in [-0.2, -0.15) is 0 Å². The molecule has 0 N–H and O–H groups in total. The van der Waals surface area contributed by atoms with Crippen molar-refractivity contribution in [3.8, 4) is 5.75 Å². The number of carbonyl (C=O) groups is 2. The highest BCUT2D eigenvalue weighted by Gasteiger charge is 2.62. The van der Waals surface area contributed by atoms with Crippen molar-refractivity contribution in [2.75, 3.05) is 25.1 Å². The van der Waals surface area contributed by atoms with Gasteiger partial charge in [-0.25, -0.2) is 19.3 Å². The van der Waals surface area contributed by atoms with Crippen molar-refractivity contribution in [2.24, 2.45) is 5.92 Å². The average Bonchev–Trinajstić information content (AvgIpc) is 3.35. The molecule has 0 unspecified atom stereocenters. The van der Waals surface area contributed by atoms with Gasteiger partial charge in [0.2, 0.25) is 5.91 Å². The standard InChI is InChI=1S/C21H20FN3O3/c1-28-16-9-3-13(4-10-16)18-17-19(24-12-2-11-23(18)24)21(27)25(20(17)26)15-7-5-14(22)6-8-15/h3-10,17-19H,2,11-12H2,1H3/t17-,18+,19+/m0/s1. The van der Waals surface area contributed by atoms with Crippen molar-refractivity contribution in [2.45, 2.75) is 18.5 Å². The number of nitrogens with zero attached hydrogens (tertiary/aromatic N) is 3. The first-order chi connectivity index (χ1) is 13.6. The molecule has 7 heteroatoms. The van der Waals surface area contributed by atoms with Crippen LogP contribution in [0.4, 0.5) is 10.1 Å². The van der Waals surface area contributed by atoms with Crippen LogP contribution in [-0.4, -0.2) is 48.1 Å². The Balaban J connectivity index is 1.55. The molecule has 0 aromatic heterocycles. The van der Waals surface area contributed by atoms with Gasteiger partial charge in [0.1, 0.15) is 17.6 Å². The summed E-state index contributed by atoms with van der Waals surface area (Å²) >= 11 is 0. The summed E-state index contributed by atoms with van der Waals surface area (Å²) in [6, 6.07) is 12.5. The Morgan fingerprint density at radius 1 is 0.893 bits per heavy atom. The highest BCUT2D eigenvalue weighted by Crippen LogP contribution is 2.49. The van der Waals surface area contributed by atoms with Gasteiger partial charge in [0.25, 0.3) is 5.91 Å². The normalized spacial score (nSPS) is 27.4. The SMILES string of the molecule is COc1ccc([C@@H]2[C@@H]3C(=O)N(c4ccc(F)cc4)C(=O)[C@@H]3N3CCCN23)cc1. The van der Waals surface area contributed by atoms with Gasteiger partial charge in [-0.05, 0) is 48.4 Å². The first kappa shape index (κ1) is 17.3. The van der Waals surface area contributed by atoms with E-state index in [4.69, 9.17) is 4.74 Å². The molecule has 2 aromatic rings. The Hall–Kier alpha value is -2.77. The summed E-state index contributed by atoms with van der Waals surface area (Å²) in [7, 11) is 1.61. The van der Waals surface area contributed by atoms with E-state index in [1.54, 1.807) is 7.11 Å². The smallest absolute Gasteiger partial charge is 0.253 e. The molecule has 3 aliphatic rings. The van der Waals surface area contributed by atoms with Gasteiger partial charge in [0.05, 0.1) is 24.8 Å². The fourth-order valence-corrected chi connectivity index (χ4v) is 4.76. The molecule has 2 aromatic carbocycles. The second-order valence-electron chi connectivity index (χ2n) is 7.36. The van der Waals surface area contributed by atoms with Crippen molar-refractivity contribution in [3.63, 3.8) is 0 Å². The molecule has 0 aliphatic carbocycles.